The van der Waals surface area contributed by atoms with Crippen LogP contribution in [0.5, 0.6) is 0 Å². The standard InChI is InChI=1S/C16H29N3/c1-5-13-6-8-14(9-7-13)16(17)10-15-11(2)18-19(4)12(15)3/h13-14,16H,5-10,17H2,1-4H3. The zero-order valence-corrected chi connectivity index (χ0v) is 12.9. The van der Waals surface area contributed by atoms with Crippen LogP contribution in [0.2, 0.25) is 0 Å². The van der Waals surface area contributed by atoms with Crippen LogP contribution >= 0.6 is 0 Å². The molecule has 1 heterocycles. The first-order chi connectivity index (χ1) is 9.02. The Morgan fingerprint density at radius 3 is 2.37 bits per heavy atom. The highest BCUT2D eigenvalue weighted by Crippen LogP contribution is 2.33. The maximum atomic E-state index is 6.48. The molecule has 3 heteroatoms. The van der Waals surface area contributed by atoms with Crippen LogP contribution in [0.3, 0.4) is 0 Å². The summed E-state index contributed by atoms with van der Waals surface area (Å²) in [6.07, 6.45) is 7.71. The highest BCUT2D eigenvalue weighted by molar-refractivity contribution is 5.25. The summed E-state index contributed by atoms with van der Waals surface area (Å²) < 4.78 is 1.98. The number of aryl methyl sites for hydroxylation is 2. The fraction of sp³-hybridized carbons (Fsp3) is 0.812. The van der Waals surface area contributed by atoms with Crippen molar-refractivity contribution in [2.24, 2.45) is 24.6 Å². The van der Waals surface area contributed by atoms with Crippen molar-refractivity contribution >= 4 is 0 Å². The summed E-state index contributed by atoms with van der Waals surface area (Å²) in [4.78, 5) is 0. The molecule has 1 aliphatic carbocycles. The number of rotatable bonds is 4. The second-order valence-electron chi connectivity index (χ2n) is 6.33. The number of nitrogens with zero attached hydrogens (tertiary/aromatic N) is 2. The first kappa shape index (κ1) is 14.6. The van der Waals surface area contributed by atoms with Crippen molar-refractivity contribution in [1.82, 2.24) is 9.78 Å². The van der Waals surface area contributed by atoms with Crippen LogP contribution in [-0.2, 0) is 13.5 Å². The van der Waals surface area contributed by atoms with Gasteiger partial charge in [0.05, 0.1) is 5.69 Å². The maximum absolute atomic E-state index is 6.48. The third-order valence-corrected chi connectivity index (χ3v) is 5.17. The van der Waals surface area contributed by atoms with E-state index in [9.17, 15) is 0 Å². The van der Waals surface area contributed by atoms with Gasteiger partial charge in [0.2, 0.25) is 0 Å². The number of nitrogens with two attached hydrogens (primary N) is 1. The number of hydrogen-bond acceptors (Lipinski definition) is 2. The molecule has 0 aliphatic heterocycles. The smallest absolute Gasteiger partial charge is 0.0628 e. The molecule has 0 amide bonds. The van der Waals surface area contributed by atoms with Crippen LogP contribution in [0.25, 0.3) is 0 Å². The van der Waals surface area contributed by atoms with Gasteiger partial charge in [-0.1, -0.05) is 26.2 Å². The van der Waals surface area contributed by atoms with Gasteiger partial charge in [0.1, 0.15) is 0 Å². The first-order valence-corrected chi connectivity index (χ1v) is 7.77. The van der Waals surface area contributed by atoms with Gasteiger partial charge < -0.3 is 5.73 Å². The van der Waals surface area contributed by atoms with Gasteiger partial charge in [0, 0.05) is 18.8 Å². The van der Waals surface area contributed by atoms with Gasteiger partial charge in [-0.15, -0.1) is 0 Å². The zero-order valence-electron chi connectivity index (χ0n) is 12.9. The average Bonchev–Trinajstić information content (AvgIpc) is 2.65. The molecule has 1 aromatic heterocycles. The predicted molar refractivity (Wildman–Crippen MR) is 80.1 cm³/mol. The summed E-state index contributed by atoms with van der Waals surface area (Å²) in [5.74, 6) is 1.66. The molecular weight excluding hydrogens is 234 g/mol. The van der Waals surface area contributed by atoms with Crippen molar-refractivity contribution in [2.45, 2.75) is 65.3 Å². The lowest BCUT2D eigenvalue weighted by Gasteiger charge is -2.31. The molecule has 1 atom stereocenters. The Hall–Kier alpha value is -0.830. The fourth-order valence-electron chi connectivity index (χ4n) is 3.54. The fourth-order valence-corrected chi connectivity index (χ4v) is 3.54. The number of aromatic nitrogens is 2. The van der Waals surface area contributed by atoms with Gasteiger partial charge in [0.25, 0.3) is 0 Å². The van der Waals surface area contributed by atoms with Crippen LogP contribution in [0.4, 0.5) is 0 Å². The molecule has 1 fully saturated rings. The molecule has 1 aromatic rings. The molecule has 0 aromatic carbocycles. The lowest BCUT2D eigenvalue weighted by Crippen LogP contribution is -2.35. The molecule has 0 bridgehead atoms. The zero-order chi connectivity index (χ0) is 14.0. The molecule has 1 unspecified atom stereocenters. The highest BCUT2D eigenvalue weighted by Gasteiger charge is 2.26. The van der Waals surface area contributed by atoms with Gasteiger partial charge in [-0.3, -0.25) is 4.68 Å². The summed E-state index contributed by atoms with van der Waals surface area (Å²) in [5, 5.41) is 4.50. The van der Waals surface area contributed by atoms with Gasteiger partial charge in [-0.25, -0.2) is 0 Å². The molecule has 1 aliphatic rings. The molecule has 0 radical (unpaired) electrons. The predicted octanol–water partition coefficient (Wildman–Crippen LogP) is 3.12. The first-order valence-electron chi connectivity index (χ1n) is 7.77. The van der Waals surface area contributed by atoms with E-state index in [2.05, 4.69) is 25.9 Å². The van der Waals surface area contributed by atoms with Gasteiger partial charge in [-0.2, -0.15) is 5.10 Å². The number of hydrogen-bond donors (Lipinski definition) is 1. The molecule has 2 N–H and O–H groups in total. The molecule has 108 valence electrons. The third-order valence-electron chi connectivity index (χ3n) is 5.17. The van der Waals surface area contributed by atoms with Crippen molar-refractivity contribution in [3.8, 4) is 0 Å². The molecule has 3 nitrogen and oxygen atoms in total. The molecule has 0 saturated heterocycles. The van der Waals surface area contributed by atoms with Crippen LogP contribution in [-0.4, -0.2) is 15.8 Å². The van der Waals surface area contributed by atoms with E-state index < -0.39 is 0 Å². The molecule has 19 heavy (non-hydrogen) atoms. The van der Waals surface area contributed by atoms with Crippen molar-refractivity contribution in [2.75, 3.05) is 0 Å². The van der Waals surface area contributed by atoms with Crippen molar-refractivity contribution in [1.29, 1.82) is 0 Å². The monoisotopic (exact) mass is 263 g/mol. The van der Waals surface area contributed by atoms with Crippen LogP contribution in [0.15, 0.2) is 0 Å². The minimum atomic E-state index is 0.305. The maximum Gasteiger partial charge on any atom is 0.0628 e. The van der Waals surface area contributed by atoms with E-state index in [1.807, 2.05) is 11.7 Å². The van der Waals surface area contributed by atoms with Crippen molar-refractivity contribution in [3.05, 3.63) is 17.0 Å². The quantitative estimate of drug-likeness (QED) is 0.907. The topological polar surface area (TPSA) is 43.8 Å². The van der Waals surface area contributed by atoms with E-state index in [0.29, 0.717) is 12.0 Å². The molecule has 2 rings (SSSR count). The van der Waals surface area contributed by atoms with Gasteiger partial charge in [0.15, 0.2) is 0 Å². The van der Waals surface area contributed by atoms with Crippen molar-refractivity contribution in [3.63, 3.8) is 0 Å². The molecule has 0 spiro atoms. The van der Waals surface area contributed by atoms with E-state index >= 15 is 0 Å². The van der Waals surface area contributed by atoms with Crippen molar-refractivity contribution < 1.29 is 0 Å². The van der Waals surface area contributed by atoms with Gasteiger partial charge >= 0.3 is 0 Å². The molecule has 1 saturated carbocycles. The Balaban J connectivity index is 1.96. The second kappa shape index (κ2) is 6.08. The van der Waals surface area contributed by atoms with Crippen LogP contribution in [0.1, 0.15) is 56.0 Å². The third kappa shape index (κ3) is 3.19. The average molecular weight is 263 g/mol. The van der Waals surface area contributed by atoms with Crippen LogP contribution < -0.4 is 5.73 Å². The Labute approximate surface area is 117 Å². The summed E-state index contributed by atoms with van der Waals surface area (Å²) >= 11 is 0. The Kier molecular flexibility index (Phi) is 4.67. The largest absolute Gasteiger partial charge is 0.327 e. The summed E-state index contributed by atoms with van der Waals surface area (Å²) in [6.45, 7) is 6.56. The Bertz CT molecular complexity index is 414. The van der Waals surface area contributed by atoms with E-state index in [-0.39, 0.29) is 0 Å². The minimum Gasteiger partial charge on any atom is -0.327 e. The summed E-state index contributed by atoms with van der Waals surface area (Å²) in [6, 6.07) is 0.305. The lowest BCUT2D eigenvalue weighted by atomic mass is 9.76. The lowest BCUT2D eigenvalue weighted by molar-refractivity contribution is 0.237. The Morgan fingerprint density at radius 1 is 1.26 bits per heavy atom. The van der Waals surface area contributed by atoms with Crippen LogP contribution in [0, 0.1) is 25.7 Å². The van der Waals surface area contributed by atoms with E-state index in [4.69, 9.17) is 5.73 Å². The normalized spacial score (nSPS) is 25.5. The SMILES string of the molecule is CCC1CCC(C(N)Cc2c(C)nn(C)c2C)CC1. The Morgan fingerprint density at radius 2 is 1.89 bits per heavy atom. The second-order valence-corrected chi connectivity index (χ2v) is 6.33. The van der Waals surface area contributed by atoms with E-state index in [1.54, 1.807) is 0 Å². The van der Waals surface area contributed by atoms with E-state index in [1.165, 1.54) is 43.4 Å². The van der Waals surface area contributed by atoms with Gasteiger partial charge in [-0.05, 0) is 50.5 Å². The summed E-state index contributed by atoms with van der Waals surface area (Å²) in [7, 11) is 2.02. The summed E-state index contributed by atoms with van der Waals surface area (Å²) in [5.41, 5.74) is 10.3. The minimum absolute atomic E-state index is 0.305. The molecular formula is C16H29N3. The van der Waals surface area contributed by atoms with E-state index in [0.717, 1.165) is 18.0 Å². The highest BCUT2D eigenvalue weighted by atomic mass is 15.3.